The van der Waals surface area contributed by atoms with Crippen LogP contribution in [-0.4, -0.2) is 25.7 Å². The molecule has 0 radical (unpaired) electrons. The molecule has 0 saturated heterocycles. The van der Waals surface area contributed by atoms with Crippen molar-refractivity contribution >= 4 is 34.6 Å². The predicted molar refractivity (Wildman–Crippen MR) is 123 cm³/mol. The molecule has 8 heteroatoms. The highest BCUT2D eigenvalue weighted by atomic mass is 32.1. The lowest BCUT2D eigenvalue weighted by atomic mass is 10.0. The molecule has 2 N–H and O–H groups in total. The standard InChI is InChI=1S/C22H21N5OS2/c1-13-4-7-16(8-5-13)20-25-26-22(29)27(20)11-19(28)24-21-23-18(12-30-21)17-9-6-14(2)10-15(17)3/h4-10,12H,11H2,1-3H3,(H,26,29)(H,23,24,28). The van der Waals surface area contributed by atoms with Crippen LogP contribution in [0.1, 0.15) is 16.7 Å². The number of aromatic amines is 1. The average molecular weight is 436 g/mol. The third kappa shape index (κ3) is 4.24. The van der Waals surface area contributed by atoms with Crippen molar-refractivity contribution in [3.05, 3.63) is 69.3 Å². The molecule has 0 fully saturated rings. The van der Waals surface area contributed by atoms with Crippen LogP contribution in [0.2, 0.25) is 0 Å². The second-order valence-electron chi connectivity index (χ2n) is 7.21. The van der Waals surface area contributed by atoms with Gasteiger partial charge in [-0.25, -0.2) is 4.98 Å². The molecule has 2 aromatic heterocycles. The molecule has 0 bridgehead atoms. The quantitative estimate of drug-likeness (QED) is 0.417. The molecule has 2 aromatic carbocycles. The number of carbonyl (C=O) groups is 1. The van der Waals surface area contributed by atoms with E-state index < -0.39 is 0 Å². The first-order valence-electron chi connectivity index (χ1n) is 9.46. The third-order valence-electron chi connectivity index (χ3n) is 4.78. The van der Waals surface area contributed by atoms with E-state index in [-0.39, 0.29) is 12.5 Å². The molecule has 0 unspecified atom stereocenters. The Balaban J connectivity index is 1.51. The number of hydrogen-bond donors (Lipinski definition) is 2. The average Bonchev–Trinajstić information content (AvgIpc) is 3.30. The lowest BCUT2D eigenvalue weighted by molar-refractivity contribution is -0.116. The number of nitrogens with zero attached hydrogens (tertiary/aromatic N) is 3. The third-order valence-corrected chi connectivity index (χ3v) is 5.85. The normalized spacial score (nSPS) is 10.9. The molecule has 0 aliphatic carbocycles. The van der Waals surface area contributed by atoms with Crippen LogP contribution < -0.4 is 5.32 Å². The number of amides is 1. The van der Waals surface area contributed by atoms with Gasteiger partial charge in [0.2, 0.25) is 5.91 Å². The van der Waals surface area contributed by atoms with Crippen molar-refractivity contribution in [3.63, 3.8) is 0 Å². The smallest absolute Gasteiger partial charge is 0.246 e. The van der Waals surface area contributed by atoms with E-state index in [9.17, 15) is 4.79 Å². The zero-order valence-corrected chi connectivity index (χ0v) is 18.5. The van der Waals surface area contributed by atoms with Crippen molar-refractivity contribution in [3.8, 4) is 22.6 Å². The fraction of sp³-hybridized carbons (Fsp3) is 0.182. The number of benzene rings is 2. The second kappa shape index (κ2) is 8.33. The summed E-state index contributed by atoms with van der Waals surface area (Å²) in [7, 11) is 0. The molecule has 0 spiro atoms. The van der Waals surface area contributed by atoms with E-state index in [4.69, 9.17) is 12.2 Å². The van der Waals surface area contributed by atoms with Gasteiger partial charge in [0.1, 0.15) is 6.54 Å². The molecule has 0 saturated carbocycles. The second-order valence-corrected chi connectivity index (χ2v) is 8.45. The van der Waals surface area contributed by atoms with E-state index in [0.717, 1.165) is 27.9 Å². The van der Waals surface area contributed by atoms with Gasteiger partial charge in [0.15, 0.2) is 15.7 Å². The van der Waals surface area contributed by atoms with Gasteiger partial charge in [-0.15, -0.1) is 11.3 Å². The summed E-state index contributed by atoms with van der Waals surface area (Å²) in [5.41, 5.74) is 6.34. The summed E-state index contributed by atoms with van der Waals surface area (Å²) in [5, 5.41) is 12.5. The lowest BCUT2D eigenvalue weighted by Gasteiger charge is -2.07. The Labute approximate surface area is 183 Å². The monoisotopic (exact) mass is 435 g/mol. The minimum Gasteiger partial charge on any atom is -0.300 e. The number of aromatic nitrogens is 4. The summed E-state index contributed by atoms with van der Waals surface area (Å²) in [5.74, 6) is 0.424. The number of H-pyrrole nitrogens is 1. The number of hydrogen-bond acceptors (Lipinski definition) is 5. The first kappa shape index (κ1) is 20.2. The molecule has 0 aliphatic rings. The van der Waals surface area contributed by atoms with Crippen LogP contribution in [0.3, 0.4) is 0 Å². The van der Waals surface area contributed by atoms with Crippen LogP contribution >= 0.6 is 23.6 Å². The highest BCUT2D eigenvalue weighted by molar-refractivity contribution is 7.71. The maximum Gasteiger partial charge on any atom is 0.246 e. The SMILES string of the molecule is Cc1ccc(-c2n[nH]c(=S)n2CC(=O)Nc2nc(-c3ccc(C)cc3C)cs2)cc1. The van der Waals surface area contributed by atoms with E-state index in [1.54, 1.807) is 4.57 Å². The molecule has 2 heterocycles. The number of anilines is 1. The minimum absolute atomic E-state index is 0.0526. The number of aryl methyl sites for hydroxylation is 3. The Morgan fingerprint density at radius 1 is 1.13 bits per heavy atom. The van der Waals surface area contributed by atoms with E-state index in [2.05, 4.69) is 52.5 Å². The lowest BCUT2D eigenvalue weighted by Crippen LogP contribution is -2.19. The summed E-state index contributed by atoms with van der Waals surface area (Å²) in [6, 6.07) is 14.2. The molecule has 30 heavy (non-hydrogen) atoms. The zero-order valence-electron chi connectivity index (χ0n) is 16.9. The molecule has 6 nitrogen and oxygen atoms in total. The van der Waals surface area contributed by atoms with E-state index in [1.165, 1.54) is 16.9 Å². The summed E-state index contributed by atoms with van der Waals surface area (Å²) in [4.78, 5) is 17.3. The summed E-state index contributed by atoms with van der Waals surface area (Å²) in [6.07, 6.45) is 0. The Hall–Kier alpha value is -3.10. The van der Waals surface area contributed by atoms with Gasteiger partial charge in [0.05, 0.1) is 5.69 Å². The maximum atomic E-state index is 12.7. The molecule has 4 aromatic rings. The number of thiazole rings is 1. The highest BCUT2D eigenvalue weighted by Crippen LogP contribution is 2.28. The van der Waals surface area contributed by atoms with Crippen LogP contribution in [0.5, 0.6) is 0 Å². The number of rotatable bonds is 5. The molecule has 0 atom stereocenters. The zero-order chi connectivity index (χ0) is 21.3. The van der Waals surface area contributed by atoms with Gasteiger partial charge in [0, 0.05) is 16.5 Å². The Kier molecular flexibility index (Phi) is 5.61. The molecule has 1 amide bonds. The van der Waals surface area contributed by atoms with Crippen LogP contribution in [0.15, 0.2) is 47.8 Å². The molecular weight excluding hydrogens is 414 g/mol. The summed E-state index contributed by atoms with van der Waals surface area (Å²) in [6.45, 7) is 6.20. The largest absolute Gasteiger partial charge is 0.300 e. The van der Waals surface area contributed by atoms with Crippen molar-refractivity contribution in [2.75, 3.05) is 5.32 Å². The van der Waals surface area contributed by atoms with Crippen molar-refractivity contribution < 1.29 is 4.79 Å². The van der Waals surface area contributed by atoms with Gasteiger partial charge in [-0.2, -0.15) is 5.10 Å². The number of carbonyl (C=O) groups excluding carboxylic acids is 1. The molecular formula is C22H21N5OS2. The Morgan fingerprint density at radius 3 is 2.60 bits per heavy atom. The van der Waals surface area contributed by atoms with Crippen molar-refractivity contribution in [2.45, 2.75) is 27.3 Å². The van der Waals surface area contributed by atoms with E-state index in [0.29, 0.717) is 15.7 Å². The fourth-order valence-electron chi connectivity index (χ4n) is 3.25. The molecule has 0 aliphatic heterocycles. The number of nitrogens with one attached hydrogen (secondary N) is 2. The highest BCUT2D eigenvalue weighted by Gasteiger charge is 2.14. The van der Waals surface area contributed by atoms with Gasteiger partial charge in [0.25, 0.3) is 0 Å². The van der Waals surface area contributed by atoms with Crippen molar-refractivity contribution in [1.82, 2.24) is 19.7 Å². The molecule has 4 rings (SSSR count). The molecule has 152 valence electrons. The van der Waals surface area contributed by atoms with Gasteiger partial charge in [-0.05, 0) is 38.6 Å². The van der Waals surface area contributed by atoms with Crippen LogP contribution in [0.25, 0.3) is 22.6 Å². The first-order chi connectivity index (χ1) is 14.4. The van der Waals surface area contributed by atoms with E-state index >= 15 is 0 Å². The topological polar surface area (TPSA) is 75.6 Å². The summed E-state index contributed by atoms with van der Waals surface area (Å²) < 4.78 is 2.09. The van der Waals surface area contributed by atoms with Crippen LogP contribution in [0.4, 0.5) is 5.13 Å². The Bertz CT molecular complexity index is 1270. The van der Waals surface area contributed by atoms with Crippen LogP contribution in [0, 0.1) is 25.5 Å². The van der Waals surface area contributed by atoms with Crippen LogP contribution in [-0.2, 0) is 11.3 Å². The van der Waals surface area contributed by atoms with Gasteiger partial charge in [-0.3, -0.25) is 14.5 Å². The predicted octanol–water partition coefficient (Wildman–Crippen LogP) is 5.30. The van der Waals surface area contributed by atoms with Crippen molar-refractivity contribution in [2.24, 2.45) is 0 Å². The fourth-order valence-corrected chi connectivity index (χ4v) is 4.17. The minimum atomic E-state index is -0.206. The van der Waals surface area contributed by atoms with E-state index in [1.807, 2.05) is 36.6 Å². The van der Waals surface area contributed by atoms with Gasteiger partial charge < -0.3 is 5.32 Å². The van der Waals surface area contributed by atoms with Gasteiger partial charge in [-0.1, -0.05) is 53.6 Å². The summed E-state index contributed by atoms with van der Waals surface area (Å²) >= 11 is 6.73. The van der Waals surface area contributed by atoms with Gasteiger partial charge >= 0.3 is 0 Å². The Morgan fingerprint density at radius 2 is 1.87 bits per heavy atom. The first-order valence-corrected chi connectivity index (χ1v) is 10.7. The maximum absolute atomic E-state index is 12.7. The van der Waals surface area contributed by atoms with Crippen molar-refractivity contribution in [1.29, 1.82) is 0 Å².